The summed E-state index contributed by atoms with van der Waals surface area (Å²) in [6, 6.07) is 11.8. The number of amides is 1. The van der Waals surface area contributed by atoms with E-state index in [4.69, 9.17) is 0 Å². The number of nitrogens with one attached hydrogen (secondary N) is 1. The maximum atomic E-state index is 12.8. The zero-order valence-electron chi connectivity index (χ0n) is 17.8. The van der Waals surface area contributed by atoms with Crippen LogP contribution in [0.3, 0.4) is 0 Å². The number of benzene rings is 1. The molecule has 2 aromatic heterocycles. The maximum Gasteiger partial charge on any atom is 0.246 e. The van der Waals surface area contributed by atoms with Crippen LogP contribution in [0, 0.1) is 13.8 Å². The van der Waals surface area contributed by atoms with Crippen LogP contribution in [-0.2, 0) is 4.79 Å². The number of aromatic nitrogens is 4. The van der Waals surface area contributed by atoms with Crippen molar-refractivity contribution in [2.24, 2.45) is 0 Å². The Bertz CT molecular complexity index is 1060. The summed E-state index contributed by atoms with van der Waals surface area (Å²) in [5.74, 6) is 1.27. The van der Waals surface area contributed by atoms with Crippen molar-refractivity contribution >= 4 is 23.7 Å². The summed E-state index contributed by atoms with van der Waals surface area (Å²) < 4.78 is 0. The number of piperidine rings is 1. The van der Waals surface area contributed by atoms with Crippen molar-refractivity contribution in [1.29, 1.82) is 0 Å². The molecule has 0 spiro atoms. The SMILES string of the molecule is Cc1cc(C)nc(Nc2nccnc2C2CCCN(C(=O)C=Cc3ccccc3)C2)n1. The van der Waals surface area contributed by atoms with E-state index in [-0.39, 0.29) is 11.8 Å². The summed E-state index contributed by atoms with van der Waals surface area (Å²) >= 11 is 0. The number of nitrogens with zero attached hydrogens (tertiary/aromatic N) is 5. The van der Waals surface area contributed by atoms with Gasteiger partial charge in [0.05, 0.1) is 5.69 Å². The predicted octanol–water partition coefficient (Wildman–Crippen LogP) is 4.05. The minimum Gasteiger partial charge on any atom is -0.338 e. The van der Waals surface area contributed by atoms with Gasteiger partial charge in [-0.05, 0) is 44.4 Å². The zero-order chi connectivity index (χ0) is 21.6. The van der Waals surface area contributed by atoms with Gasteiger partial charge in [-0.3, -0.25) is 9.78 Å². The van der Waals surface area contributed by atoms with Gasteiger partial charge in [-0.1, -0.05) is 30.3 Å². The average molecular weight is 415 g/mol. The molecule has 1 unspecified atom stereocenters. The Morgan fingerprint density at radius 2 is 1.84 bits per heavy atom. The van der Waals surface area contributed by atoms with E-state index in [1.807, 2.05) is 61.2 Å². The van der Waals surface area contributed by atoms with E-state index in [1.165, 1.54) is 0 Å². The van der Waals surface area contributed by atoms with Crippen molar-refractivity contribution in [2.45, 2.75) is 32.6 Å². The molecule has 1 saturated heterocycles. The van der Waals surface area contributed by atoms with Gasteiger partial charge >= 0.3 is 0 Å². The number of carbonyl (C=O) groups is 1. The first-order valence-corrected chi connectivity index (χ1v) is 10.5. The fourth-order valence-corrected chi connectivity index (χ4v) is 3.87. The normalized spacial score (nSPS) is 16.5. The Labute approximate surface area is 182 Å². The summed E-state index contributed by atoms with van der Waals surface area (Å²) in [5.41, 5.74) is 3.63. The summed E-state index contributed by atoms with van der Waals surface area (Å²) in [4.78, 5) is 32.6. The Balaban J connectivity index is 1.49. The highest BCUT2D eigenvalue weighted by Crippen LogP contribution is 2.30. The molecule has 0 saturated carbocycles. The zero-order valence-corrected chi connectivity index (χ0v) is 17.8. The smallest absolute Gasteiger partial charge is 0.246 e. The van der Waals surface area contributed by atoms with Crippen LogP contribution in [-0.4, -0.2) is 43.8 Å². The second-order valence-electron chi connectivity index (χ2n) is 7.76. The van der Waals surface area contributed by atoms with Crippen LogP contribution in [0.1, 0.15) is 41.4 Å². The Kier molecular flexibility index (Phi) is 6.31. The van der Waals surface area contributed by atoms with Gasteiger partial charge in [0.25, 0.3) is 0 Å². The van der Waals surface area contributed by atoms with Crippen LogP contribution < -0.4 is 5.32 Å². The fraction of sp³-hybridized carbons (Fsp3) is 0.292. The molecule has 158 valence electrons. The molecule has 1 fully saturated rings. The molecule has 31 heavy (non-hydrogen) atoms. The number of aryl methyl sites for hydroxylation is 2. The van der Waals surface area contributed by atoms with Crippen LogP contribution in [0.4, 0.5) is 11.8 Å². The number of hydrogen-bond acceptors (Lipinski definition) is 6. The summed E-state index contributed by atoms with van der Waals surface area (Å²) in [6.07, 6.45) is 8.73. The van der Waals surface area contributed by atoms with Gasteiger partial charge in [-0.15, -0.1) is 0 Å². The lowest BCUT2D eigenvalue weighted by Crippen LogP contribution is -2.38. The Hall–Kier alpha value is -3.61. The second-order valence-corrected chi connectivity index (χ2v) is 7.76. The first kappa shape index (κ1) is 20.7. The molecule has 1 N–H and O–H groups in total. The second kappa shape index (κ2) is 9.47. The quantitative estimate of drug-likeness (QED) is 0.634. The number of rotatable bonds is 5. The third-order valence-corrected chi connectivity index (χ3v) is 5.28. The molecule has 1 aromatic carbocycles. The van der Waals surface area contributed by atoms with Crippen LogP contribution in [0.5, 0.6) is 0 Å². The molecule has 3 aromatic rings. The van der Waals surface area contributed by atoms with Gasteiger partial charge in [-0.25, -0.2) is 15.0 Å². The molecule has 7 nitrogen and oxygen atoms in total. The third-order valence-electron chi connectivity index (χ3n) is 5.28. The molecule has 7 heteroatoms. The lowest BCUT2D eigenvalue weighted by atomic mass is 9.94. The van der Waals surface area contributed by atoms with Gasteiger partial charge in [0.15, 0.2) is 5.82 Å². The molecule has 1 aliphatic heterocycles. The van der Waals surface area contributed by atoms with E-state index >= 15 is 0 Å². The summed E-state index contributed by atoms with van der Waals surface area (Å²) in [7, 11) is 0. The van der Waals surface area contributed by atoms with Gasteiger partial charge in [0.1, 0.15) is 0 Å². The summed E-state index contributed by atoms with van der Waals surface area (Å²) in [5, 5.41) is 3.23. The van der Waals surface area contributed by atoms with Crippen LogP contribution in [0.15, 0.2) is 54.9 Å². The van der Waals surface area contributed by atoms with E-state index in [0.29, 0.717) is 18.3 Å². The first-order valence-electron chi connectivity index (χ1n) is 10.5. The molecule has 0 radical (unpaired) electrons. The van der Waals surface area contributed by atoms with Crippen LogP contribution in [0.2, 0.25) is 0 Å². The molecular formula is C24H26N6O. The largest absolute Gasteiger partial charge is 0.338 e. The van der Waals surface area contributed by atoms with E-state index in [1.54, 1.807) is 18.5 Å². The van der Waals surface area contributed by atoms with Crippen molar-refractivity contribution < 1.29 is 4.79 Å². The highest BCUT2D eigenvalue weighted by molar-refractivity contribution is 5.91. The molecule has 1 atom stereocenters. The van der Waals surface area contributed by atoms with Crippen LogP contribution in [0.25, 0.3) is 6.08 Å². The fourth-order valence-electron chi connectivity index (χ4n) is 3.87. The monoisotopic (exact) mass is 414 g/mol. The van der Waals surface area contributed by atoms with Crippen molar-refractivity contribution in [3.8, 4) is 0 Å². The number of carbonyl (C=O) groups excluding carboxylic acids is 1. The number of hydrogen-bond donors (Lipinski definition) is 1. The van der Waals surface area contributed by atoms with Gasteiger partial charge in [-0.2, -0.15) is 0 Å². The van der Waals surface area contributed by atoms with E-state index in [2.05, 4.69) is 25.3 Å². The minimum absolute atomic E-state index is 0.0181. The highest BCUT2D eigenvalue weighted by Gasteiger charge is 2.27. The maximum absolute atomic E-state index is 12.8. The number of likely N-dealkylation sites (tertiary alicyclic amines) is 1. The molecule has 1 aliphatic rings. The number of anilines is 2. The Morgan fingerprint density at radius 1 is 1.10 bits per heavy atom. The molecule has 0 bridgehead atoms. The van der Waals surface area contributed by atoms with E-state index in [0.717, 1.165) is 42.0 Å². The molecule has 0 aliphatic carbocycles. The van der Waals surface area contributed by atoms with Crippen molar-refractivity contribution in [3.63, 3.8) is 0 Å². The topological polar surface area (TPSA) is 83.9 Å². The van der Waals surface area contributed by atoms with E-state index in [9.17, 15) is 4.79 Å². The average Bonchev–Trinajstić information content (AvgIpc) is 2.78. The summed E-state index contributed by atoms with van der Waals surface area (Å²) in [6.45, 7) is 5.23. The van der Waals surface area contributed by atoms with Gasteiger partial charge in [0.2, 0.25) is 11.9 Å². The lowest BCUT2D eigenvalue weighted by molar-refractivity contribution is -0.127. The van der Waals surface area contributed by atoms with Crippen molar-refractivity contribution in [3.05, 3.63) is 77.5 Å². The highest BCUT2D eigenvalue weighted by atomic mass is 16.2. The lowest BCUT2D eigenvalue weighted by Gasteiger charge is -2.32. The van der Waals surface area contributed by atoms with Crippen molar-refractivity contribution in [1.82, 2.24) is 24.8 Å². The Morgan fingerprint density at radius 3 is 2.61 bits per heavy atom. The molecule has 4 rings (SSSR count). The van der Waals surface area contributed by atoms with Gasteiger partial charge < -0.3 is 10.2 Å². The molecule has 3 heterocycles. The third kappa shape index (κ3) is 5.31. The minimum atomic E-state index is 0.0181. The van der Waals surface area contributed by atoms with Crippen LogP contribution >= 0.6 is 0 Å². The first-order chi connectivity index (χ1) is 15.1. The molecular weight excluding hydrogens is 388 g/mol. The molecule has 1 amide bonds. The standard InChI is InChI=1S/C24H26N6O/c1-17-15-18(2)28-24(27-17)29-23-22(25-12-13-26-23)20-9-6-14-30(16-20)21(31)11-10-19-7-4-3-5-8-19/h3-5,7-8,10-13,15,20H,6,9,14,16H2,1-2H3,(H,26,27,28,29). The van der Waals surface area contributed by atoms with Gasteiger partial charge in [0, 0.05) is 48.9 Å². The van der Waals surface area contributed by atoms with E-state index < -0.39 is 0 Å². The van der Waals surface area contributed by atoms with Crippen molar-refractivity contribution in [2.75, 3.05) is 18.4 Å². The predicted molar refractivity (Wildman–Crippen MR) is 121 cm³/mol.